The number of para-hydroxylation sites is 1. The van der Waals surface area contributed by atoms with Crippen LogP contribution in [0.1, 0.15) is 25.0 Å². The van der Waals surface area contributed by atoms with Crippen molar-refractivity contribution >= 4 is 64.1 Å². The van der Waals surface area contributed by atoms with E-state index >= 15 is 0 Å². The summed E-state index contributed by atoms with van der Waals surface area (Å²) in [5.74, 6) is 0. The second-order valence-corrected chi connectivity index (χ2v) is 12.4. The summed E-state index contributed by atoms with van der Waals surface area (Å²) in [5, 5.41) is 7.96. The van der Waals surface area contributed by atoms with E-state index in [1.165, 1.54) is 80.7 Å². The Morgan fingerprint density at radius 1 is 0.590 bits per heavy atom. The Kier molecular flexibility index (Phi) is 4.07. The molecule has 6 aromatic carbocycles. The predicted octanol–water partition coefficient (Wildman–Crippen LogP) is 10.6. The van der Waals surface area contributed by atoms with Crippen LogP contribution in [-0.4, -0.2) is 4.57 Å². The van der Waals surface area contributed by atoms with Crippen molar-refractivity contribution in [2.24, 2.45) is 0 Å². The van der Waals surface area contributed by atoms with Crippen LogP contribution in [0.15, 0.2) is 115 Å². The van der Waals surface area contributed by atoms with Crippen molar-refractivity contribution < 1.29 is 0 Å². The molecule has 0 bridgehead atoms. The van der Waals surface area contributed by atoms with Crippen LogP contribution in [0.3, 0.4) is 0 Å². The number of aromatic nitrogens is 1. The molecule has 0 fully saturated rings. The number of nitrogens with zero attached hydrogens (tertiary/aromatic N) is 1. The molecule has 0 atom stereocenters. The smallest absolute Gasteiger partial charge is 0.0622 e. The lowest BCUT2D eigenvalue weighted by atomic mass is 9.80. The van der Waals surface area contributed by atoms with Crippen molar-refractivity contribution in [2.45, 2.75) is 19.3 Å². The highest BCUT2D eigenvalue weighted by atomic mass is 32.1. The fourth-order valence-electron chi connectivity index (χ4n) is 7.33. The first-order valence-electron chi connectivity index (χ1n) is 13.6. The third-order valence-corrected chi connectivity index (χ3v) is 10.1. The van der Waals surface area contributed by atoms with Gasteiger partial charge in [-0.3, -0.25) is 0 Å². The highest BCUT2D eigenvalue weighted by molar-refractivity contribution is 7.25. The number of hydrogen-bond donors (Lipinski definition) is 0. The molecule has 184 valence electrons. The Bertz CT molecular complexity index is 2310. The summed E-state index contributed by atoms with van der Waals surface area (Å²) in [6.45, 7) is 4.80. The molecule has 0 saturated carbocycles. The normalized spacial score (nSPS) is 14.1. The molecule has 2 heteroatoms. The van der Waals surface area contributed by atoms with Crippen molar-refractivity contribution in [3.05, 3.63) is 126 Å². The van der Waals surface area contributed by atoms with Crippen LogP contribution >= 0.6 is 11.3 Å². The summed E-state index contributed by atoms with van der Waals surface area (Å²) < 4.78 is 5.23. The van der Waals surface area contributed by atoms with E-state index in [9.17, 15) is 0 Å². The maximum absolute atomic E-state index is 2.56. The Hall–Kier alpha value is -4.40. The van der Waals surface area contributed by atoms with Crippen LogP contribution in [0.4, 0.5) is 0 Å². The van der Waals surface area contributed by atoms with E-state index in [4.69, 9.17) is 0 Å². The number of fused-ring (bicyclic) bond motifs is 12. The predicted molar refractivity (Wildman–Crippen MR) is 169 cm³/mol. The minimum absolute atomic E-state index is 0.0951. The lowest BCUT2D eigenvalue weighted by molar-refractivity contribution is 0.666. The van der Waals surface area contributed by atoms with E-state index in [2.05, 4.69) is 134 Å². The molecular formula is C37H25NS. The van der Waals surface area contributed by atoms with E-state index in [-0.39, 0.29) is 5.41 Å². The third kappa shape index (κ3) is 2.65. The Morgan fingerprint density at radius 3 is 2.23 bits per heavy atom. The first-order valence-corrected chi connectivity index (χ1v) is 14.4. The van der Waals surface area contributed by atoms with Gasteiger partial charge in [0.05, 0.1) is 16.7 Å². The van der Waals surface area contributed by atoms with Gasteiger partial charge in [0.15, 0.2) is 0 Å². The minimum Gasteiger partial charge on any atom is -0.308 e. The van der Waals surface area contributed by atoms with Gasteiger partial charge in [0.2, 0.25) is 0 Å². The number of thiophene rings is 1. The van der Waals surface area contributed by atoms with E-state index in [0.29, 0.717) is 0 Å². The highest BCUT2D eigenvalue weighted by Gasteiger charge is 2.39. The zero-order valence-corrected chi connectivity index (χ0v) is 22.6. The lowest BCUT2D eigenvalue weighted by Crippen LogP contribution is -2.15. The van der Waals surface area contributed by atoms with Gasteiger partial charge in [-0.25, -0.2) is 0 Å². The van der Waals surface area contributed by atoms with Crippen molar-refractivity contribution in [1.82, 2.24) is 4.57 Å². The van der Waals surface area contributed by atoms with Gasteiger partial charge < -0.3 is 4.57 Å². The number of rotatable bonds is 1. The molecule has 9 rings (SSSR count). The van der Waals surface area contributed by atoms with Gasteiger partial charge in [-0.1, -0.05) is 105 Å². The number of benzene rings is 6. The summed E-state index contributed by atoms with van der Waals surface area (Å²) in [7, 11) is 0. The van der Waals surface area contributed by atoms with Crippen LogP contribution < -0.4 is 0 Å². The quantitative estimate of drug-likeness (QED) is 0.205. The van der Waals surface area contributed by atoms with E-state index < -0.39 is 0 Å². The maximum Gasteiger partial charge on any atom is 0.0622 e. The zero-order valence-electron chi connectivity index (χ0n) is 21.8. The molecule has 1 aliphatic carbocycles. The zero-order chi connectivity index (χ0) is 25.9. The summed E-state index contributed by atoms with van der Waals surface area (Å²) in [6.07, 6.45) is 0. The highest BCUT2D eigenvalue weighted by Crippen LogP contribution is 2.55. The maximum atomic E-state index is 2.56. The summed E-state index contributed by atoms with van der Waals surface area (Å²) in [5.41, 5.74) is 9.34. The van der Waals surface area contributed by atoms with Gasteiger partial charge >= 0.3 is 0 Å². The molecular weight excluding hydrogens is 490 g/mol. The van der Waals surface area contributed by atoms with Crippen LogP contribution in [0.5, 0.6) is 0 Å². The van der Waals surface area contributed by atoms with Gasteiger partial charge in [-0.2, -0.15) is 0 Å². The van der Waals surface area contributed by atoms with Crippen molar-refractivity contribution in [1.29, 1.82) is 0 Å². The molecule has 39 heavy (non-hydrogen) atoms. The van der Waals surface area contributed by atoms with Crippen LogP contribution in [0, 0.1) is 0 Å². The molecule has 1 nitrogen and oxygen atoms in total. The second kappa shape index (κ2) is 7.37. The van der Waals surface area contributed by atoms with Crippen LogP contribution in [0.25, 0.3) is 69.6 Å². The Morgan fingerprint density at radius 2 is 1.33 bits per heavy atom. The standard InChI is InChI=1S/C37H25NS/c1-37(2)28-21-20-25-24-12-5-7-14-29(24)38(30-15-9-17-32-34(30)26-13-6-8-16-31(26)39-32)36(25)33(28)27-19-18-22-10-3-4-11-23(22)35(27)37/h3-21H,1-2H3. The van der Waals surface area contributed by atoms with Crippen molar-refractivity contribution in [2.75, 3.05) is 0 Å². The van der Waals surface area contributed by atoms with Gasteiger partial charge in [0.25, 0.3) is 0 Å². The Balaban J connectivity index is 1.52. The largest absolute Gasteiger partial charge is 0.308 e. The topological polar surface area (TPSA) is 4.93 Å². The SMILES string of the molecule is CC1(C)c2ccc3c4ccccc4n(-c4cccc5sc6ccccc6c45)c3c2-c2ccc3ccccc3c21. The third-order valence-electron chi connectivity index (χ3n) is 8.95. The molecule has 2 heterocycles. The molecule has 0 aliphatic heterocycles. The number of hydrogen-bond acceptors (Lipinski definition) is 1. The van der Waals surface area contributed by atoms with Gasteiger partial charge in [-0.15, -0.1) is 11.3 Å². The van der Waals surface area contributed by atoms with Crippen molar-refractivity contribution in [3.63, 3.8) is 0 Å². The molecule has 2 aromatic heterocycles. The minimum atomic E-state index is -0.0951. The molecule has 8 aromatic rings. The molecule has 0 amide bonds. The average Bonchev–Trinajstić information content (AvgIpc) is 3.59. The fraction of sp³-hybridized carbons (Fsp3) is 0.0811. The van der Waals surface area contributed by atoms with Crippen LogP contribution in [-0.2, 0) is 5.41 Å². The fourth-order valence-corrected chi connectivity index (χ4v) is 8.46. The van der Waals surface area contributed by atoms with Gasteiger partial charge in [-0.05, 0) is 51.7 Å². The first kappa shape index (κ1) is 21.5. The van der Waals surface area contributed by atoms with E-state index in [1.807, 2.05) is 11.3 Å². The molecule has 1 aliphatic rings. The molecule has 0 N–H and O–H groups in total. The van der Waals surface area contributed by atoms with Gasteiger partial charge in [0, 0.05) is 41.9 Å². The van der Waals surface area contributed by atoms with E-state index in [1.54, 1.807) is 0 Å². The molecule has 0 radical (unpaired) electrons. The Labute approximate surface area is 230 Å². The van der Waals surface area contributed by atoms with Gasteiger partial charge in [0.1, 0.15) is 0 Å². The summed E-state index contributed by atoms with van der Waals surface area (Å²) in [6, 6.07) is 42.9. The van der Waals surface area contributed by atoms with Crippen LogP contribution in [0.2, 0.25) is 0 Å². The average molecular weight is 516 g/mol. The molecule has 0 unspecified atom stereocenters. The summed E-state index contributed by atoms with van der Waals surface area (Å²) in [4.78, 5) is 0. The molecule has 0 saturated heterocycles. The monoisotopic (exact) mass is 515 g/mol. The van der Waals surface area contributed by atoms with E-state index in [0.717, 1.165) is 0 Å². The molecule has 0 spiro atoms. The second-order valence-electron chi connectivity index (χ2n) is 11.3. The summed E-state index contributed by atoms with van der Waals surface area (Å²) >= 11 is 1.89. The van der Waals surface area contributed by atoms with Crippen molar-refractivity contribution in [3.8, 4) is 16.8 Å². The first-order chi connectivity index (χ1) is 19.1. The lowest BCUT2D eigenvalue weighted by Gasteiger charge is -2.23.